The van der Waals surface area contributed by atoms with Gasteiger partial charge in [0.15, 0.2) is 0 Å². The van der Waals surface area contributed by atoms with E-state index in [4.69, 9.17) is 5.11 Å². The molecule has 158 valence electrons. The number of hydrogen-bond donors (Lipinski definition) is 4. The third-order valence-corrected chi connectivity index (χ3v) is 5.92. The molecule has 0 aromatic carbocycles. The van der Waals surface area contributed by atoms with E-state index in [1.54, 1.807) is 19.9 Å². The second-order valence-electron chi connectivity index (χ2n) is 8.84. The van der Waals surface area contributed by atoms with Crippen LogP contribution in [-0.2, 0) is 4.79 Å². The predicted octanol–water partition coefficient (Wildman–Crippen LogP) is 4.05. The van der Waals surface area contributed by atoms with E-state index in [9.17, 15) is 20.1 Å². The molecule has 0 amide bonds. The van der Waals surface area contributed by atoms with E-state index < -0.39 is 23.3 Å². The summed E-state index contributed by atoms with van der Waals surface area (Å²) in [6, 6.07) is 0. The molecule has 1 saturated carbocycles. The fourth-order valence-corrected chi connectivity index (χ4v) is 4.27. The maximum atomic E-state index is 10.7. The molecule has 0 radical (unpaired) electrons. The summed E-state index contributed by atoms with van der Waals surface area (Å²) in [6.07, 6.45) is 11.8. The van der Waals surface area contributed by atoms with Crippen LogP contribution in [0, 0.1) is 11.8 Å². The van der Waals surface area contributed by atoms with Crippen molar-refractivity contribution in [2.45, 2.75) is 109 Å². The Morgan fingerprint density at radius 3 is 2.48 bits per heavy atom. The van der Waals surface area contributed by atoms with Crippen molar-refractivity contribution in [1.29, 1.82) is 0 Å². The van der Waals surface area contributed by atoms with Crippen molar-refractivity contribution in [3.8, 4) is 0 Å². The van der Waals surface area contributed by atoms with E-state index in [1.165, 1.54) is 0 Å². The van der Waals surface area contributed by atoms with Crippen molar-refractivity contribution >= 4 is 5.97 Å². The highest BCUT2D eigenvalue weighted by molar-refractivity contribution is 5.66. The van der Waals surface area contributed by atoms with Crippen LogP contribution < -0.4 is 0 Å². The average molecular weight is 385 g/mol. The summed E-state index contributed by atoms with van der Waals surface area (Å²) in [5.41, 5.74) is -1.86. The summed E-state index contributed by atoms with van der Waals surface area (Å²) >= 11 is 0. The molecule has 0 aromatic heterocycles. The molecule has 0 heterocycles. The van der Waals surface area contributed by atoms with Crippen LogP contribution in [0.1, 0.15) is 91.4 Å². The molecule has 0 aromatic rings. The van der Waals surface area contributed by atoms with Gasteiger partial charge in [0.05, 0.1) is 17.3 Å². The van der Waals surface area contributed by atoms with E-state index in [2.05, 4.69) is 6.92 Å². The lowest BCUT2D eigenvalue weighted by molar-refractivity contribution is -0.137. The number of rotatable bonds is 13. The molecule has 5 heteroatoms. The molecule has 5 atom stereocenters. The van der Waals surface area contributed by atoms with Gasteiger partial charge in [-0.15, -0.1) is 0 Å². The standard InChI is InChI=1S/C22H40O5/c1-4-5-10-14-21(2,26)15-13-18-17(19(23)16-22(18,3)27)11-8-6-7-9-12-20(24)25/h13,15,17-19,23,26-27H,4-12,14,16H2,1-3H3,(H,24,25). The Bertz CT molecular complexity index is 469. The third kappa shape index (κ3) is 8.75. The van der Waals surface area contributed by atoms with E-state index in [-0.39, 0.29) is 18.3 Å². The van der Waals surface area contributed by atoms with Gasteiger partial charge < -0.3 is 20.4 Å². The zero-order chi connectivity index (χ0) is 20.5. The summed E-state index contributed by atoms with van der Waals surface area (Å²) in [5, 5.41) is 40.4. The number of hydrogen-bond acceptors (Lipinski definition) is 4. The third-order valence-electron chi connectivity index (χ3n) is 5.92. The Morgan fingerprint density at radius 1 is 1.19 bits per heavy atom. The van der Waals surface area contributed by atoms with Gasteiger partial charge >= 0.3 is 5.97 Å². The van der Waals surface area contributed by atoms with Crippen LogP contribution in [0.2, 0.25) is 0 Å². The Labute approximate surface area is 164 Å². The van der Waals surface area contributed by atoms with Crippen molar-refractivity contribution in [2.75, 3.05) is 0 Å². The molecule has 1 aliphatic carbocycles. The van der Waals surface area contributed by atoms with Crippen LogP contribution in [0.5, 0.6) is 0 Å². The smallest absolute Gasteiger partial charge is 0.303 e. The molecule has 1 aliphatic rings. The van der Waals surface area contributed by atoms with Gasteiger partial charge in [0.1, 0.15) is 0 Å². The fourth-order valence-electron chi connectivity index (χ4n) is 4.27. The molecule has 1 fully saturated rings. The highest BCUT2D eigenvalue weighted by Gasteiger charge is 2.47. The van der Waals surface area contributed by atoms with Crippen molar-refractivity contribution in [3.63, 3.8) is 0 Å². The summed E-state index contributed by atoms with van der Waals surface area (Å²) in [6.45, 7) is 5.70. The molecule has 1 rings (SSSR count). The minimum absolute atomic E-state index is 0.0258. The first-order chi connectivity index (χ1) is 12.6. The minimum Gasteiger partial charge on any atom is -0.481 e. The zero-order valence-corrected chi connectivity index (χ0v) is 17.4. The normalized spacial score (nSPS) is 30.7. The SMILES string of the molecule is CCCCCC(C)(O)C=CC1C(CCCCCCC(=O)O)C(O)CC1(C)O. The predicted molar refractivity (Wildman–Crippen MR) is 107 cm³/mol. The van der Waals surface area contributed by atoms with Crippen LogP contribution in [0.4, 0.5) is 0 Å². The summed E-state index contributed by atoms with van der Waals surface area (Å²) < 4.78 is 0. The zero-order valence-electron chi connectivity index (χ0n) is 17.4. The monoisotopic (exact) mass is 384 g/mol. The number of aliphatic hydroxyl groups is 3. The number of carboxylic acids is 1. The molecule has 0 spiro atoms. The van der Waals surface area contributed by atoms with Gasteiger partial charge in [0.2, 0.25) is 0 Å². The molecule has 4 N–H and O–H groups in total. The number of carbonyl (C=O) groups is 1. The Kier molecular flexibility index (Phi) is 9.99. The van der Waals surface area contributed by atoms with Crippen LogP contribution in [0.3, 0.4) is 0 Å². The molecule has 5 unspecified atom stereocenters. The molecular formula is C22H40O5. The minimum atomic E-state index is -0.969. The first kappa shape index (κ1) is 24.1. The number of aliphatic carboxylic acids is 1. The van der Waals surface area contributed by atoms with Gasteiger partial charge in [-0.2, -0.15) is 0 Å². The highest BCUT2D eigenvalue weighted by Crippen LogP contribution is 2.44. The molecular weight excluding hydrogens is 344 g/mol. The Balaban J connectivity index is 2.59. The first-order valence-corrected chi connectivity index (χ1v) is 10.6. The summed E-state index contributed by atoms with van der Waals surface area (Å²) in [7, 11) is 0. The van der Waals surface area contributed by atoms with Gasteiger partial charge in [-0.25, -0.2) is 0 Å². The first-order valence-electron chi connectivity index (χ1n) is 10.6. The summed E-state index contributed by atoms with van der Waals surface area (Å²) in [4.78, 5) is 10.5. The van der Waals surface area contributed by atoms with Crippen molar-refractivity contribution in [3.05, 3.63) is 12.2 Å². The lowest BCUT2D eigenvalue weighted by atomic mass is 9.82. The largest absolute Gasteiger partial charge is 0.481 e. The lowest BCUT2D eigenvalue weighted by Gasteiger charge is -2.28. The highest BCUT2D eigenvalue weighted by atomic mass is 16.4. The quantitative estimate of drug-likeness (QED) is 0.284. The van der Waals surface area contributed by atoms with E-state index >= 15 is 0 Å². The van der Waals surface area contributed by atoms with E-state index in [1.807, 2.05) is 6.08 Å². The maximum Gasteiger partial charge on any atom is 0.303 e. The number of unbranched alkanes of at least 4 members (excludes halogenated alkanes) is 5. The maximum absolute atomic E-state index is 10.7. The molecule has 5 nitrogen and oxygen atoms in total. The van der Waals surface area contributed by atoms with Crippen LogP contribution >= 0.6 is 0 Å². The van der Waals surface area contributed by atoms with Gasteiger partial charge in [0, 0.05) is 18.8 Å². The van der Waals surface area contributed by atoms with Gasteiger partial charge in [-0.3, -0.25) is 4.79 Å². The second kappa shape index (κ2) is 11.2. The van der Waals surface area contributed by atoms with Crippen LogP contribution in [0.15, 0.2) is 12.2 Å². The van der Waals surface area contributed by atoms with Crippen LogP contribution in [0.25, 0.3) is 0 Å². The van der Waals surface area contributed by atoms with Crippen LogP contribution in [-0.4, -0.2) is 43.7 Å². The van der Waals surface area contributed by atoms with Gasteiger partial charge in [-0.05, 0) is 39.0 Å². The summed E-state index contributed by atoms with van der Waals surface area (Å²) in [5.74, 6) is -0.959. The van der Waals surface area contributed by atoms with Crippen molar-refractivity contribution in [2.24, 2.45) is 11.8 Å². The molecule has 0 aliphatic heterocycles. The topological polar surface area (TPSA) is 98.0 Å². The average Bonchev–Trinajstić information content (AvgIpc) is 2.76. The molecule has 0 saturated heterocycles. The fraction of sp³-hybridized carbons (Fsp3) is 0.864. The van der Waals surface area contributed by atoms with Gasteiger partial charge in [-0.1, -0.05) is 57.6 Å². The van der Waals surface area contributed by atoms with Gasteiger partial charge in [0.25, 0.3) is 0 Å². The Morgan fingerprint density at radius 2 is 1.85 bits per heavy atom. The van der Waals surface area contributed by atoms with Crippen molar-refractivity contribution in [1.82, 2.24) is 0 Å². The lowest BCUT2D eigenvalue weighted by Crippen LogP contribution is -2.31. The molecule has 27 heavy (non-hydrogen) atoms. The van der Waals surface area contributed by atoms with Crippen molar-refractivity contribution < 1.29 is 25.2 Å². The molecule has 0 bridgehead atoms. The van der Waals surface area contributed by atoms with E-state index in [0.29, 0.717) is 19.3 Å². The number of carboxylic acid groups (broad SMARTS) is 1. The van der Waals surface area contributed by atoms with E-state index in [0.717, 1.165) is 44.9 Å². The number of aliphatic hydroxyl groups excluding tert-OH is 1. The Hall–Kier alpha value is -0.910. The second-order valence-corrected chi connectivity index (χ2v) is 8.84.